The van der Waals surface area contributed by atoms with Crippen LogP contribution in [-0.4, -0.2) is 23.2 Å². The van der Waals surface area contributed by atoms with Crippen LogP contribution < -0.4 is 5.32 Å². The van der Waals surface area contributed by atoms with E-state index >= 15 is 0 Å². The molecule has 2 N–H and O–H groups in total. The van der Waals surface area contributed by atoms with E-state index in [9.17, 15) is 9.90 Å². The van der Waals surface area contributed by atoms with Gasteiger partial charge >= 0.3 is 0 Å². The molecule has 1 aliphatic carbocycles. The maximum absolute atomic E-state index is 12.2. The number of amides is 1. The van der Waals surface area contributed by atoms with Crippen LogP contribution in [0.5, 0.6) is 0 Å². The SMILES string of the molecule is O=C(N[C@H]1CCCC[C@@H]1O)c1cc(Cl)cc(Cl)c1I. The smallest absolute Gasteiger partial charge is 0.252 e. The normalized spacial score (nSPS) is 23.2. The van der Waals surface area contributed by atoms with Gasteiger partial charge in [0.05, 0.1) is 22.7 Å². The molecule has 0 spiro atoms. The molecule has 1 fully saturated rings. The Labute approximate surface area is 135 Å². The van der Waals surface area contributed by atoms with Gasteiger partial charge in [0.1, 0.15) is 0 Å². The van der Waals surface area contributed by atoms with Crippen LogP contribution in [0.15, 0.2) is 12.1 Å². The van der Waals surface area contributed by atoms with Gasteiger partial charge in [0, 0.05) is 8.59 Å². The van der Waals surface area contributed by atoms with E-state index < -0.39 is 6.10 Å². The molecule has 0 radical (unpaired) electrons. The Hall–Kier alpha value is -0.0400. The largest absolute Gasteiger partial charge is 0.391 e. The van der Waals surface area contributed by atoms with E-state index in [1.165, 1.54) is 0 Å². The zero-order valence-electron chi connectivity index (χ0n) is 10.1. The zero-order chi connectivity index (χ0) is 14.0. The molecule has 0 bridgehead atoms. The fourth-order valence-electron chi connectivity index (χ4n) is 2.25. The lowest BCUT2D eigenvalue weighted by atomic mass is 9.92. The number of carbonyl (C=O) groups is 1. The Morgan fingerprint density at radius 3 is 2.68 bits per heavy atom. The molecule has 0 unspecified atom stereocenters. The molecule has 1 amide bonds. The zero-order valence-corrected chi connectivity index (χ0v) is 13.8. The molecule has 1 saturated carbocycles. The van der Waals surface area contributed by atoms with Gasteiger partial charge in [0.2, 0.25) is 0 Å². The molecule has 1 aromatic rings. The first kappa shape index (κ1) is 15.4. The third-order valence-electron chi connectivity index (χ3n) is 3.28. The van der Waals surface area contributed by atoms with Crippen molar-refractivity contribution in [2.75, 3.05) is 0 Å². The summed E-state index contributed by atoms with van der Waals surface area (Å²) in [6, 6.07) is 3.02. The van der Waals surface area contributed by atoms with Gasteiger partial charge in [-0.25, -0.2) is 0 Å². The minimum absolute atomic E-state index is 0.185. The summed E-state index contributed by atoms with van der Waals surface area (Å²) in [6.45, 7) is 0. The second-order valence-electron chi connectivity index (χ2n) is 4.68. The molecule has 104 valence electrons. The van der Waals surface area contributed by atoms with E-state index in [1.807, 2.05) is 22.6 Å². The molecule has 0 saturated heterocycles. The first-order valence-corrected chi connectivity index (χ1v) is 7.96. The number of rotatable bonds is 2. The van der Waals surface area contributed by atoms with Crippen LogP contribution >= 0.6 is 45.8 Å². The van der Waals surface area contributed by atoms with E-state index in [0.29, 0.717) is 19.2 Å². The first-order chi connectivity index (χ1) is 8.99. The van der Waals surface area contributed by atoms with Crippen LogP contribution in [-0.2, 0) is 0 Å². The van der Waals surface area contributed by atoms with Crippen molar-refractivity contribution in [2.24, 2.45) is 0 Å². The predicted molar refractivity (Wildman–Crippen MR) is 84.9 cm³/mol. The quantitative estimate of drug-likeness (QED) is 0.574. The Balaban J connectivity index is 2.15. The maximum Gasteiger partial charge on any atom is 0.252 e. The van der Waals surface area contributed by atoms with E-state index in [-0.39, 0.29) is 11.9 Å². The molecule has 0 aliphatic heterocycles. The lowest BCUT2D eigenvalue weighted by Gasteiger charge is -2.28. The van der Waals surface area contributed by atoms with Gasteiger partial charge in [0.15, 0.2) is 0 Å². The van der Waals surface area contributed by atoms with Gasteiger partial charge in [-0.3, -0.25) is 4.79 Å². The summed E-state index contributed by atoms with van der Waals surface area (Å²) in [5, 5.41) is 13.6. The fourth-order valence-corrected chi connectivity index (χ4v) is 3.30. The third-order valence-corrected chi connectivity index (χ3v) is 5.28. The van der Waals surface area contributed by atoms with Crippen LogP contribution in [0, 0.1) is 3.57 Å². The van der Waals surface area contributed by atoms with Crippen molar-refractivity contribution in [3.05, 3.63) is 31.3 Å². The van der Waals surface area contributed by atoms with Crippen LogP contribution in [0.1, 0.15) is 36.0 Å². The number of halogens is 3. The van der Waals surface area contributed by atoms with Gasteiger partial charge < -0.3 is 10.4 Å². The molecule has 2 rings (SSSR count). The maximum atomic E-state index is 12.2. The number of nitrogens with one attached hydrogen (secondary N) is 1. The molecule has 19 heavy (non-hydrogen) atoms. The number of carbonyl (C=O) groups excluding carboxylic acids is 1. The lowest BCUT2D eigenvalue weighted by Crippen LogP contribution is -2.45. The summed E-state index contributed by atoms with van der Waals surface area (Å²) < 4.78 is 0.673. The third kappa shape index (κ3) is 3.74. The lowest BCUT2D eigenvalue weighted by molar-refractivity contribution is 0.0716. The van der Waals surface area contributed by atoms with E-state index in [2.05, 4.69) is 5.32 Å². The van der Waals surface area contributed by atoms with E-state index in [4.69, 9.17) is 23.2 Å². The summed E-state index contributed by atoms with van der Waals surface area (Å²) in [5.41, 5.74) is 0.455. The highest BCUT2D eigenvalue weighted by Crippen LogP contribution is 2.27. The Morgan fingerprint density at radius 2 is 2.00 bits per heavy atom. The molecule has 2 atom stereocenters. The molecular formula is C13H14Cl2INO2. The van der Waals surface area contributed by atoms with Gasteiger partial charge in [-0.15, -0.1) is 0 Å². The average molecular weight is 414 g/mol. The molecule has 0 heterocycles. The van der Waals surface area contributed by atoms with Crippen LogP contribution in [0.25, 0.3) is 0 Å². The fraction of sp³-hybridized carbons (Fsp3) is 0.462. The van der Waals surface area contributed by atoms with Gasteiger partial charge in [-0.2, -0.15) is 0 Å². The van der Waals surface area contributed by atoms with Crippen molar-refractivity contribution in [3.63, 3.8) is 0 Å². The molecule has 1 aromatic carbocycles. The number of hydrogen-bond donors (Lipinski definition) is 2. The summed E-state index contributed by atoms with van der Waals surface area (Å²) >= 11 is 14.0. The van der Waals surface area contributed by atoms with Crippen molar-refractivity contribution in [1.82, 2.24) is 5.32 Å². The Kier molecular flexibility index (Phi) is 5.34. The van der Waals surface area contributed by atoms with Crippen molar-refractivity contribution >= 4 is 51.7 Å². The Bertz CT molecular complexity index is 496. The molecule has 6 heteroatoms. The van der Waals surface area contributed by atoms with E-state index in [0.717, 1.165) is 25.7 Å². The van der Waals surface area contributed by atoms with E-state index in [1.54, 1.807) is 12.1 Å². The number of aliphatic hydroxyl groups is 1. The molecular weight excluding hydrogens is 400 g/mol. The number of benzene rings is 1. The molecule has 3 nitrogen and oxygen atoms in total. The minimum atomic E-state index is -0.468. The van der Waals surface area contributed by atoms with Crippen LogP contribution in [0.2, 0.25) is 10.0 Å². The summed E-state index contributed by atoms with van der Waals surface area (Å²) in [4.78, 5) is 12.2. The second kappa shape index (κ2) is 6.61. The van der Waals surface area contributed by atoms with Crippen molar-refractivity contribution in [3.8, 4) is 0 Å². The standard InChI is InChI=1S/C13H14Cl2INO2/c14-7-5-8(12(16)9(15)6-7)13(19)17-10-3-1-2-4-11(10)18/h5-6,10-11,18H,1-4H2,(H,17,19)/t10-,11-/m0/s1. The van der Waals surface area contributed by atoms with Crippen LogP contribution in [0.3, 0.4) is 0 Å². The molecule has 0 aromatic heterocycles. The number of aliphatic hydroxyl groups excluding tert-OH is 1. The highest BCUT2D eigenvalue weighted by Gasteiger charge is 2.25. The monoisotopic (exact) mass is 413 g/mol. The summed E-state index contributed by atoms with van der Waals surface area (Å²) in [7, 11) is 0. The molecule has 1 aliphatic rings. The van der Waals surface area contributed by atoms with Crippen molar-refractivity contribution in [1.29, 1.82) is 0 Å². The predicted octanol–water partition coefficient (Wildman–Crippen LogP) is 3.63. The summed E-state index contributed by atoms with van der Waals surface area (Å²) in [5.74, 6) is -0.236. The minimum Gasteiger partial charge on any atom is -0.391 e. The topological polar surface area (TPSA) is 49.3 Å². The second-order valence-corrected chi connectivity index (χ2v) is 6.60. The number of hydrogen-bond acceptors (Lipinski definition) is 2. The van der Waals surface area contributed by atoms with Crippen molar-refractivity contribution < 1.29 is 9.90 Å². The highest BCUT2D eigenvalue weighted by atomic mass is 127. The highest BCUT2D eigenvalue weighted by molar-refractivity contribution is 14.1. The average Bonchev–Trinajstić information content (AvgIpc) is 2.36. The van der Waals surface area contributed by atoms with Crippen LogP contribution in [0.4, 0.5) is 0 Å². The first-order valence-electron chi connectivity index (χ1n) is 6.12. The summed E-state index contributed by atoms with van der Waals surface area (Å²) in [6.07, 6.45) is 3.10. The van der Waals surface area contributed by atoms with Gasteiger partial charge in [-0.1, -0.05) is 36.0 Å². The van der Waals surface area contributed by atoms with Gasteiger partial charge in [-0.05, 0) is 47.6 Å². The van der Waals surface area contributed by atoms with Gasteiger partial charge in [0.25, 0.3) is 5.91 Å². The van der Waals surface area contributed by atoms with Crippen molar-refractivity contribution in [2.45, 2.75) is 37.8 Å². The Morgan fingerprint density at radius 1 is 1.32 bits per heavy atom.